The van der Waals surface area contributed by atoms with E-state index in [0.29, 0.717) is 6.42 Å². The lowest BCUT2D eigenvalue weighted by molar-refractivity contribution is 0.184. The number of thiophene rings is 1. The van der Waals surface area contributed by atoms with E-state index in [2.05, 4.69) is 43.2 Å². The zero-order valence-corrected chi connectivity index (χ0v) is 12.3. The van der Waals surface area contributed by atoms with E-state index < -0.39 is 0 Å². The summed E-state index contributed by atoms with van der Waals surface area (Å²) in [7, 11) is 0. The van der Waals surface area contributed by atoms with Crippen molar-refractivity contribution in [3.05, 3.63) is 21.9 Å². The topological polar surface area (TPSA) is 53.0 Å². The van der Waals surface area contributed by atoms with Crippen molar-refractivity contribution in [3.63, 3.8) is 0 Å². The molecular weight excluding hydrogens is 242 g/mol. The second-order valence-electron chi connectivity index (χ2n) is 4.52. The highest BCUT2D eigenvalue weighted by molar-refractivity contribution is 7.10. The monoisotopic (exact) mass is 265 g/mol. The maximum Gasteiger partial charge on any atom is 0.0635 e. The minimum absolute atomic E-state index is 0.126. The molecule has 0 aliphatic carbocycles. The first-order valence-corrected chi connectivity index (χ1v) is 7.44. The first kappa shape index (κ1) is 15.2. The van der Waals surface area contributed by atoms with Gasteiger partial charge >= 0.3 is 0 Å². The third-order valence-electron chi connectivity index (χ3n) is 3.36. The van der Waals surface area contributed by atoms with Crippen LogP contribution in [0.25, 0.3) is 0 Å². The standard InChI is InChI=1S/C14H23N3S/c1-4-12(16)13(14-11(3)7-10-18-14)17(5-2)9-6-8-15/h7,10,12-13H,4-6,9,16H2,1-3H3. The Morgan fingerprint density at radius 2 is 2.22 bits per heavy atom. The summed E-state index contributed by atoms with van der Waals surface area (Å²) in [6.07, 6.45) is 1.51. The second kappa shape index (κ2) is 7.52. The summed E-state index contributed by atoms with van der Waals surface area (Å²) >= 11 is 1.77. The van der Waals surface area contributed by atoms with Crippen molar-refractivity contribution < 1.29 is 0 Å². The minimum Gasteiger partial charge on any atom is -0.326 e. The molecule has 0 spiro atoms. The van der Waals surface area contributed by atoms with Crippen LogP contribution in [0.15, 0.2) is 11.4 Å². The van der Waals surface area contributed by atoms with Gasteiger partial charge in [-0.2, -0.15) is 5.26 Å². The number of nitrogens with two attached hydrogens (primary N) is 1. The molecule has 0 fully saturated rings. The van der Waals surface area contributed by atoms with Gasteiger partial charge in [0.15, 0.2) is 0 Å². The quantitative estimate of drug-likeness (QED) is 0.824. The normalized spacial score (nSPS) is 14.4. The van der Waals surface area contributed by atoms with Crippen LogP contribution < -0.4 is 5.73 Å². The van der Waals surface area contributed by atoms with Gasteiger partial charge < -0.3 is 5.73 Å². The molecule has 0 bridgehead atoms. The van der Waals surface area contributed by atoms with Gasteiger partial charge in [0.1, 0.15) is 0 Å². The van der Waals surface area contributed by atoms with Gasteiger partial charge in [0, 0.05) is 23.9 Å². The van der Waals surface area contributed by atoms with Crippen LogP contribution in [0.2, 0.25) is 0 Å². The first-order chi connectivity index (χ1) is 8.65. The Morgan fingerprint density at radius 1 is 1.50 bits per heavy atom. The van der Waals surface area contributed by atoms with E-state index in [1.165, 1.54) is 10.4 Å². The molecule has 0 amide bonds. The molecule has 18 heavy (non-hydrogen) atoms. The van der Waals surface area contributed by atoms with Gasteiger partial charge in [-0.1, -0.05) is 13.8 Å². The van der Waals surface area contributed by atoms with Crippen molar-refractivity contribution in [1.82, 2.24) is 4.90 Å². The molecule has 2 N–H and O–H groups in total. The largest absolute Gasteiger partial charge is 0.326 e. The van der Waals surface area contributed by atoms with Gasteiger partial charge in [0.25, 0.3) is 0 Å². The highest BCUT2D eigenvalue weighted by Crippen LogP contribution is 2.31. The average Bonchev–Trinajstić information content (AvgIpc) is 2.79. The zero-order valence-electron chi connectivity index (χ0n) is 11.5. The van der Waals surface area contributed by atoms with Crippen LogP contribution in [0.5, 0.6) is 0 Å². The van der Waals surface area contributed by atoms with E-state index in [0.717, 1.165) is 19.5 Å². The van der Waals surface area contributed by atoms with E-state index in [-0.39, 0.29) is 12.1 Å². The van der Waals surface area contributed by atoms with Gasteiger partial charge in [-0.05, 0) is 36.9 Å². The van der Waals surface area contributed by atoms with Crippen molar-refractivity contribution >= 4 is 11.3 Å². The fourth-order valence-electron chi connectivity index (χ4n) is 2.23. The molecule has 1 aromatic heterocycles. The number of hydrogen-bond acceptors (Lipinski definition) is 4. The number of hydrogen-bond donors (Lipinski definition) is 1. The zero-order chi connectivity index (χ0) is 13.5. The van der Waals surface area contributed by atoms with Crippen LogP contribution in [-0.4, -0.2) is 24.0 Å². The third-order valence-corrected chi connectivity index (χ3v) is 4.45. The number of rotatable bonds is 7. The predicted octanol–water partition coefficient (Wildman–Crippen LogP) is 3.07. The highest BCUT2D eigenvalue weighted by atomic mass is 32.1. The fraction of sp³-hybridized carbons (Fsp3) is 0.643. The Hall–Kier alpha value is -0.890. The van der Waals surface area contributed by atoms with E-state index in [1.807, 2.05) is 0 Å². The summed E-state index contributed by atoms with van der Waals surface area (Å²) in [5, 5.41) is 10.9. The molecule has 2 atom stereocenters. The number of nitrogens with zero attached hydrogens (tertiary/aromatic N) is 2. The Balaban J connectivity index is 2.97. The molecule has 1 aromatic rings. The first-order valence-electron chi connectivity index (χ1n) is 6.56. The maximum absolute atomic E-state index is 8.77. The van der Waals surface area contributed by atoms with Gasteiger partial charge in [-0.15, -0.1) is 11.3 Å². The fourth-order valence-corrected chi connectivity index (χ4v) is 3.37. The Kier molecular flexibility index (Phi) is 6.34. The average molecular weight is 265 g/mol. The van der Waals surface area contributed by atoms with E-state index >= 15 is 0 Å². The van der Waals surface area contributed by atoms with Crippen LogP contribution in [0.3, 0.4) is 0 Å². The number of nitriles is 1. The Labute approximate surface area is 114 Å². The Morgan fingerprint density at radius 3 is 2.67 bits per heavy atom. The van der Waals surface area contributed by atoms with E-state index in [9.17, 15) is 0 Å². The molecule has 0 saturated heterocycles. The summed E-state index contributed by atoms with van der Waals surface area (Å²) in [5.41, 5.74) is 7.62. The summed E-state index contributed by atoms with van der Waals surface area (Å²) in [6, 6.07) is 4.74. The summed E-state index contributed by atoms with van der Waals surface area (Å²) in [5.74, 6) is 0. The second-order valence-corrected chi connectivity index (χ2v) is 5.47. The molecule has 0 aromatic carbocycles. The molecule has 100 valence electrons. The van der Waals surface area contributed by atoms with Crippen molar-refractivity contribution in [1.29, 1.82) is 5.26 Å². The lowest BCUT2D eigenvalue weighted by atomic mass is 10.0. The molecule has 0 aliphatic heterocycles. The molecule has 4 heteroatoms. The van der Waals surface area contributed by atoms with Crippen molar-refractivity contribution in [2.75, 3.05) is 13.1 Å². The molecule has 0 aliphatic rings. The van der Waals surface area contributed by atoms with Crippen LogP contribution in [0.1, 0.15) is 43.2 Å². The minimum atomic E-state index is 0.126. The molecule has 1 heterocycles. The van der Waals surface area contributed by atoms with Crippen LogP contribution in [0.4, 0.5) is 0 Å². The van der Waals surface area contributed by atoms with Gasteiger partial charge in [0.2, 0.25) is 0 Å². The SMILES string of the molecule is CCC(N)C(c1sccc1C)N(CC)CCC#N. The van der Waals surface area contributed by atoms with Crippen LogP contribution >= 0.6 is 11.3 Å². The summed E-state index contributed by atoms with van der Waals surface area (Å²) < 4.78 is 0. The van der Waals surface area contributed by atoms with Gasteiger partial charge in [-0.3, -0.25) is 4.90 Å². The predicted molar refractivity (Wildman–Crippen MR) is 77.5 cm³/mol. The summed E-state index contributed by atoms with van der Waals surface area (Å²) in [4.78, 5) is 3.68. The lowest BCUT2D eigenvalue weighted by Gasteiger charge is -2.34. The maximum atomic E-state index is 8.77. The summed E-state index contributed by atoms with van der Waals surface area (Å²) in [6.45, 7) is 8.12. The molecule has 3 nitrogen and oxygen atoms in total. The number of likely N-dealkylation sites (N-methyl/N-ethyl adjacent to an activating group) is 1. The smallest absolute Gasteiger partial charge is 0.0635 e. The van der Waals surface area contributed by atoms with E-state index in [1.54, 1.807) is 11.3 Å². The molecule has 2 unspecified atom stereocenters. The molecule has 0 saturated carbocycles. The van der Waals surface area contributed by atoms with Crippen molar-refractivity contribution in [2.45, 2.75) is 45.7 Å². The van der Waals surface area contributed by atoms with Crippen molar-refractivity contribution in [2.24, 2.45) is 5.73 Å². The highest BCUT2D eigenvalue weighted by Gasteiger charge is 2.26. The number of aryl methyl sites for hydroxylation is 1. The third kappa shape index (κ3) is 3.55. The lowest BCUT2D eigenvalue weighted by Crippen LogP contribution is -2.41. The molecular formula is C14H23N3S. The van der Waals surface area contributed by atoms with Gasteiger partial charge in [0.05, 0.1) is 12.1 Å². The van der Waals surface area contributed by atoms with Crippen LogP contribution in [0, 0.1) is 18.3 Å². The van der Waals surface area contributed by atoms with Gasteiger partial charge in [-0.25, -0.2) is 0 Å². The Bertz CT molecular complexity index is 394. The molecule has 1 rings (SSSR count). The van der Waals surface area contributed by atoms with Crippen molar-refractivity contribution in [3.8, 4) is 6.07 Å². The molecule has 0 radical (unpaired) electrons. The van der Waals surface area contributed by atoms with E-state index in [4.69, 9.17) is 11.0 Å². The van der Waals surface area contributed by atoms with Crippen LogP contribution in [-0.2, 0) is 0 Å².